The first-order valence-corrected chi connectivity index (χ1v) is 26.9. The minimum absolute atomic E-state index is 0.00965. The fraction of sp³-hybridized carbons (Fsp3) is 0.143. The van der Waals surface area contributed by atoms with Crippen LogP contribution in [-0.2, 0) is 9.47 Å². The fourth-order valence-electron chi connectivity index (χ4n) is 4.13. The van der Waals surface area contributed by atoms with Crippen LogP contribution < -0.4 is 9.47 Å². The lowest BCUT2D eigenvalue weighted by molar-refractivity contribution is 0.0653. The summed E-state index contributed by atoms with van der Waals surface area (Å²) < 4.78 is 38.2. The van der Waals surface area contributed by atoms with E-state index in [0.717, 1.165) is 38.0 Å². The van der Waals surface area contributed by atoms with E-state index in [1.165, 1.54) is 0 Å². The van der Waals surface area contributed by atoms with E-state index in [9.17, 15) is 0 Å². The highest BCUT2D eigenvalue weighted by Crippen LogP contribution is 2.59. The molecule has 1 unspecified atom stereocenters. The number of ether oxygens (including phenoxy) is 4. The van der Waals surface area contributed by atoms with Crippen LogP contribution >= 0.6 is 287 Å². The Morgan fingerprint density at radius 1 is 0.380 bits per heavy atom. The summed E-state index contributed by atoms with van der Waals surface area (Å²) >= 11 is 67.0. The van der Waals surface area contributed by atoms with Crippen LogP contribution in [0.4, 0.5) is 0 Å². The molecular weight excluding hydrogens is 1840 g/mol. The Morgan fingerprint density at radius 3 is 0.840 bits per heavy atom. The van der Waals surface area contributed by atoms with Crippen LogP contribution in [0.25, 0.3) is 0 Å². The van der Waals surface area contributed by atoms with Gasteiger partial charge in [0.1, 0.15) is 12.2 Å². The summed E-state index contributed by atoms with van der Waals surface area (Å²) in [7, 11) is 0. The van der Waals surface area contributed by atoms with Crippen LogP contribution in [-0.4, -0.2) is 19.3 Å². The maximum Gasteiger partial charge on any atom is 0.158 e. The predicted octanol–water partition coefficient (Wildman–Crippen LogP) is 20.5. The Hall–Kier alpha value is 5.04. The van der Waals surface area contributed by atoms with Crippen LogP contribution in [0, 0.1) is 0 Å². The molecule has 0 bridgehead atoms. The molecular formula is C28H6Br18O4. The molecule has 1 aliphatic heterocycles. The Morgan fingerprint density at radius 2 is 0.600 bits per heavy atom. The number of rotatable bonds is 9. The van der Waals surface area contributed by atoms with Gasteiger partial charge >= 0.3 is 0 Å². The summed E-state index contributed by atoms with van der Waals surface area (Å²) in [6.45, 7) is 0.979. The third-order valence-corrected chi connectivity index (χ3v) is 27.1. The summed E-state index contributed by atoms with van der Waals surface area (Å²) in [6.07, 6.45) is -0.663. The topological polar surface area (TPSA) is 40.2 Å². The van der Waals surface area contributed by atoms with Crippen molar-refractivity contribution in [3.8, 4) is 23.0 Å². The van der Waals surface area contributed by atoms with E-state index in [2.05, 4.69) is 287 Å². The first-order valence-electron chi connectivity index (χ1n) is 12.7. The highest BCUT2D eigenvalue weighted by Gasteiger charge is 2.36. The van der Waals surface area contributed by atoms with Crippen LogP contribution in [0.1, 0.15) is 17.2 Å². The zero-order valence-corrected chi connectivity index (χ0v) is 51.6. The maximum atomic E-state index is 6.69. The van der Waals surface area contributed by atoms with E-state index in [-0.39, 0.29) is 6.10 Å². The Labute approximate surface area is 437 Å². The molecule has 4 aromatic carbocycles. The molecule has 0 aliphatic carbocycles. The molecule has 1 fully saturated rings. The lowest BCUT2D eigenvalue weighted by Crippen LogP contribution is -2.14. The van der Waals surface area contributed by atoms with E-state index in [1.807, 2.05) is 0 Å². The molecule has 1 saturated heterocycles. The van der Waals surface area contributed by atoms with Crippen molar-refractivity contribution in [2.75, 3.05) is 13.2 Å². The molecule has 4 aromatic rings. The van der Waals surface area contributed by atoms with E-state index in [1.54, 1.807) is 0 Å². The third-order valence-electron chi connectivity index (χ3n) is 6.64. The van der Waals surface area contributed by atoms with Gasteiger partial charge in [-0.2, -0.15) is 0 Å². The van der Waals surface area contributed by atoms with Gasteiger partial charge in [0.05, 0.1) is 66.9 Å². The van der Waals surface area contributed by atoms with Gasteiger partial charge in [-0.05, 0) is 287 Å². The molecule has 4 nitrogen and oxygen atoms in total. The van der Waals surface area contributed by atoms with Gasteiger partial charge in [0.2, 0.25) is 0 Å². The smallest absolute Gasteiger partial charge is 0.158 e. The average molecular weight is 1840 g/mol. The fourth-order valence-corrected chi connectivity index (χ4v) is 15.9. The summed E-state index contributed by atoms with van der Waals surface area (Å²) in [5.74, 6) is 2.09. The second-order valence-corrected chi connectivity index (χ2v) is 23.9. The minimum atomic E-state index is -0.654. The third kappa shape index (κ3) is 9.19. The first-order chi connectivity index (χ1) is 23.3. The van der Waals surface area contributed by atoms with Crippen molar-refractivity contribution < 1.29 is 18.9 Å². The predicted molar refractivity (Wildman–Crippen MR) is 262 cm³/mol. The Balaban J connectivity index is 1.68. The minimum Gasteiger partial charge on any atom is -0.452 e. The summed E-state index contributed by atoms with van der Waals surface area (Å²) in [6, 6.07) is 0. The first kappa shape index (κ1) is 46.1. The number of hydrogen-bond acceptors (Lipinski definition) is 4. The molecule has 50 heavy (non-hydrogen) atoms. The maximum absolute atomic E-state index is 6.69. The van der Waals surface area contributed by atoms with Crippen molar-refractivity contribution in [1.29, 1.82) is 0 Å². The van der Waals surface area contributed by atoms with Crippen LogP contribution in [0.3, 0.4) is 0 Å². The largest absolute Gasteiger partial charge is 0.452 e. The van der Waals surface area contributed by atoms with Gasteiger partial charge in [-0.3, -0.25) is 0 Å². The molecule has 0 spiro atoms. The van der Waals surface area contributed by atoms with Crippen molar-refractivity contribution in [2.45, 2.75) is 12.2 Å². The monoisotopic (exact) mass is 1830 g/mol. The van der Waals surface area contributed by atoms with E-state index >= 15 is 0 Å². The van der Waals surface area contributed by atoms with E-state index in [0.29, 0.717) is 89.9 Å². The van der Waals surface area contributed by atoms with E-state index < -0.39 is 6.10 Å². The zero-order chi connectivity index (χ0) is 37.3. The lowest BCUT2D eigenvalue weighted by atomic mass is 10.0. The SMILES string of the molecule is Brc1c(Br)c(Br)c(Oc2c(Br)c(Br)c(C(OCC3CO3)c3c(Br)c(Br)c(Oc4c(Br)c(Br)c(Br)c(Br)c4Br)c(Br)c3Br)c(Br)c2Br)c(Br)c1Br. The number of halogens is 18. The number of epoxide rings is 1. The van der Waals surface area contributed by atoms with Crippen LogP contribution in [0.5, 0.6) is 23.0 Å². The quantitative estimate of drug-likeness (QED) is 0.0951. The molecule has 0 aromatic heterocycles. The van der Waals surface area contributed by atoms with Crippen molar-refractivity contribution >= 4 is 287 Å². The lowest BCUT2D eigenvalue weighted by Gasteiger charge is -2.28. The van der Waals surface area contributed by atoms with Crippen molar-refractivity contribution in [2.24, 2.45) is 0 Å². The summed E-state index contributed by atoms with van der Waals surface area (Å²) in [5.41, 5.74) is 1.54. The Kier molecular flexibility index (Phi) is 17.7. The molecule has 1 atom stereocenters. The molecule has 0 saturated carbocycles. The molecule has 5 rings (SSSR count). The van der Waals surface area contributed by atoms with Crippen molar-refractivity contribution in [1.82, 2.24) is 0 Å². The normalized spacial score (nSPS) is 14.2. The summed E-state index contributed by atoms with van der Waals surface area (Å²) in [4.78, 5) is 0. The molecule has 0 radical (unpaired) electrons. The average Bonchev–Trinajstić information content (AvgIpc) is 3.92. The van der Waals surface area contributed by atoms with Gasteiger partial charge in [0.25, 0.3) is 0 Å². The molecule has 0 amide bonds. The Bertz CT molecular complexity index is 1830. The van der Waals surface area contributed by atoms with Gasteiger partial charge in [-0.15, -0.1) is 0 Å². The molecule has 22 heteroatoms. The van der Waals surface area contributed by atoms with Gasteiger partial charge in [-0.1, -0.05) is 0 Å². The van der Waals surface area contributed by atoms with Crippen molar-refractivity contribution in [3.63, 3.8) is 0 Å². The second kappa shape index (κ2) is 19.2. The second-order valence-electron chi connectivity index (χ2n) is 9.67. The van der Waals surface area contributed by atoms with Crippen LogP contribution in [0.15, 0.2) is 80.5 Å². The van der Waals surface area contributed by atoms with Gasteiger partial charge in [-0.25, -0.2) is 0 Å². The zero-order valence-electron chi connectivity index (χ0n) is 23.0. The molecule has 1 aliphatic rings. The highest BCUT2D eigenvalue weighted by molar-refractivity contribution is 9.17. The summed E-state index contributed by atoms with van der Waals surface area (Å²) in [5, 5.41) is 0. The molecule has 268 valence electrons. The van der Waals surface area contributed by atoms with E-state index in [4.69, 9.17) is 18.9 Å². The standard InChI is InChI=1S/C28H6Br18O4/c29-6-4(7(30)17(40)25(16(6)39)49-27-20(43)12(35)10(33)13(36)21(27)44)24(48-2-3-1-47-3)5-8(31)18(41)26(19(42)9(5)32)50-28-22(45)14(37)11(34)15(38)23(28)46/h3,24H,1-2H2. The van der Waals surface area contributed by atoms with Crippen LogP contribution in [0.2, 0.25) is 0 Å². The highest BCUT2D eigenvalue weighted by atomic mass is 79.9. The number of benzene rings is 4. The molecule has 1 heterocycles. The number of hydrogen-bond donors (Lipinski definition) is 0. The van der Waals surface area contributed by atoms with Gasteiger partial charge < -0.3 is 18.9 Å². The van der Waals surface area contributed by atoms with Gasteiger partial charge in [0.15, 0.2) is 23.0 Å². The van der Waals surface area contributed by atoms with Crippen molar-refractivity contribution in [3.05, 3.63) is 91.6 Å². The molecule has 0 N–H and O–H groups in total. The van der Waals surface area contributed by atoms with Gasteiger partial charge in [0, 0.05) is 38.0 Å².